The molecule has 2 heterocycles. The van der Waals surface area contributed by atoms with Gasteiger partial charge in [-0.2, -0.15) is 0 Å². The molecule has 0 amide bonds. The van der Waals surface area contributed by atoms with Crippen LogP contribution in [0, 0.1) is 0 Å². The van der Waals surface area contributed by atoms with Gasteiger partial charge in [0.15, 0.2) is 0 Å². The molecule has 0 atom stereocenters. The molecular formula is C44H53N3O. The first-order chi connectivity index (χ1) is 22.2. The Morgan fingerprint density at radius 3 is 1.69 bits per heavy atom. The summed E-state index contributed by atoms with van der Waals surface area (Å²) in [4.78, 5) is 12.3. The molecule has 0 aliphatic carbocycles. The maximum atomic E-state index is 11.1. The molecule has 2 aromatic heterocycles. The number of hydrogen-bond donors (Lipinski definition) is 1. The van der Waals surface area contributed by atoms with Crippen molar-refractivity contribution in [1.82, 2.24) is 9.97 Å². The highest BCUT2D eigenvalue weighted by Gasteiger charge is 2.25. The molecule has 0 bridgehead atoms. The Balaban J connectivity index is 1.76. The van der Waals surface area contributed by atoms with E-state index in [1.165, 1.54) is 22.3 Å². The Morgan fingerprint density at radius 2 is 1.08 bits per heavy atom. The van der Waals surface area contributed by atoms with E-state index in [0.717, 1.165) is 39.7 Å². The maximum absolute atomic E-state index is 11.1. The molecule has 3 aromatic carbocycles. The number of aromatic nitrogens is 2. The van der Waals surface area contributed by atoms with Gasteiger partial charge in [-0.25, -0.2) is 4.98 Å². The number of hydrogen-bond acceptors (Lipinski definition) is 4. The van der Waals surface area contributed by atoms with Crippen molar-refractivity contribution in [2.75, 3.05) is 4.90 Å². The molecule has 0 radical (unpaired) electrons. The quantitative estimate of drug-likeness (QED) is 0.208. The van der Waals surface area contributed by atoms with Gasteiger partial charge in [-0.15, -0.1) is 0 Å². The molecule has 250 valence electrons. The zero-order chi connectivity index (χ0) is 35.2. The molecule has 1 N–H and O–H groups in total. The Hall–Kier alpha value is -4.44. The molecule has 0 unspecified atom stereocenters. The van der Waals surface area contributed by atoms with Crippen molar-refractivity contribution in [3.8, 4) is 28.3 Å². The molecule has 0 spiro atoms. The van der Waals surface area contributed by atoms with Crippen molar-refractivity contribution in [1.29, 1.82) is 0 Å². The number of nitrogens with zero attached hydrogens (tertiary/aromatic N) is 3. The number of rotatable bonds is 5. The first kappa shape index (κ1) is 34.9. The predicted molar refractivity (Wildman–Crippen MR) is 204 cm³/mol. The summed E-state index contributed by atoms with van der Waals surface area (Å²) in [5, 5.41) is 11.1. The van der Waals surface area contributed by atoms with E-state index in [-0.39, 0.29) is 27.4 Å². The largest absolute Gasteiger partial charge is 0.507 e. The molecule has 0 aliphatic rings. The summed E-state index contributed by atoms with van der Waals surface area (Å²) in [7, 11) is 0. The molecule has 0 fully saturated rings. The number of phenols is 1. The minimum atomic E-state index is -0.0602. The van der Waals surface area contributed by atoms with Crippen molar-refractivity contribution < 1.29 is 5.11 Å². The average molecular weight is 640 g/mol. The van der Waals surface area contributed by atoms with Crippen molar-refractivity contribution in [2.24, 2.45) is 0 Å². The van der Waals surface area contributed by atoms with Crippen LogP contribution in [0.2, 0.25) is 0 Å². The Morgan fingerprint density at radius 1 is 0.500 bits per heavy atom. The fraction of sp³-hybridized carbons (Fsp3) is 0.364. The second kappa shape index (κ2) is 12.5. The molecular weight excluding hydrogens is 587 g/mol. The number of anilines is 3. The lowest BCUT2D eigenvalue weighted by Crippen LogP contribution is -2.19. The monoisotopic (exact) mass is 639 g/mol. The van der Waals surface area contributed by atoms with Crippen LogP contribution in [-0.2, 0) is 21.7 Å². The lowest BCUT2D eigenvalue weighted by molar-refractivity contribution is 0.476. The lowest BCUT2D eigenvalue weighted by Gasteiger charge is -2.31. The summed E-state index contributed by atoms with van der Waals surface area (Å²) >= 11 is 0. The van der Waals surface area contributed by atoms with E-state index >= 15 is 0 Å². The Bertz CT molecular complexity index is 1890. The minimum absolute atomic E-state index is 0.00558. The van der Waals surface area contributed by atoms with Crippen LogP contribution in [0.5, 0.6) is 5.75 Å². The van der Waals surface area contributed by atoms with Gasteiger partial charge in [0, 0.05) is 23.1 Å². The zero-order valence-electron chi connectivity index (χ0n) is 31.0. The van der Waals surface area contributed by atoms with Gasteiger partial charge in [-0.05, 0) is 110 Å². The van der Waals surface area contributed by atoms with E-state index in [0.29, 0.717) is 0 Å². The lowest BCUT2D eigenvalue weighted by atomic mass is 9.80. The second-order valence-electron chi connectivity index (χ2n) is 17.2. The predicted octanol–water partition coefficient (Wildman–Crippen LogP) is 12.2. The molecule has 0 saturated heterocycles. The summed E-state index contributed by atoms with van der Waals surface area (Å²) in [5.74, 6) is 1.06. The topological polar surface area (TPSA) is 49.2 Å². The van der Waals surface area contributed by atoms with Gasteiger partial charge in [0.25, 0.3) is 0 Å². The smallest absolute Gasteiger partial charge is 0.138 e. The van der Waals surface area contributed by atoms with Crippen LogP contribution in [0.15, 0.2) is 97.2 Å². The highest BCUT2D eigenvalue weighted by Crippen LogP contribution is 2.42. The first-order valence-corrected chi connectivity index (χ1v) is 17.1. The average Bonchev–Trinajstić information content (AvgIpc) is 3.00. The van der Waals surface area contributed by atoms with Gasteiger partial charge in [0.05, 0.1) is 11.4 Å². The van der Waals surface area contributed by atoms with Crippen LogP contribution in [0.25, 0.3) is 22.5 Å². The van der Waals surface area contributed by atoms with Crippen LogP contribution < -0.4 is 4.90 Å². The van der Waals surface area contributed by atoms with E-state index in [1.54, 1.807) is 0 Å². The van der Waals surface area contributed by atoms with Gasteiger partial charge in [0.1, 0.15) is 11.6 Å². The standard InChI is InChI=1S/C44H53N3O/c1-41(2,3)30-19-20-39(48)36(27-30)29-15-13-16-34(23-29)47(35-25-32(43(7,8)9)24-33(26-35)44(10,11)12)40-18-14-17-37(46-40)38-28-31(21-22-45-38)42(4,5)6/h13-28,48H,1-12H3. The van der Waals surface area contributed by atoms with E-state index in [2.05, 4.69) is 161 Å². The van der Waals surface area contributed by atoms with Crippen LogP contribution in [0.1, 0.15) is 105 Å². The molecule has 5 aromatic rings. The Kier molecular flexibility index (Phi) is 9.11. The normalized spacial score (nSPS) is 12.7. The molecule has 5 rings (SSSR count). The van der Waals surface area contributed by atoms with Gasteiger partial charge in [-0.1, -0.05) is 113 Å². The van der Waals surface area contributed by atoms with Gasteiger partial charge in [-0.3, -0.25) is 9.88 Å². The first-order valence-electron chi connectivity index (χ1n) is 17.1. The van der Waals surface area contributed by atoms with Crippen molar-refractivity contribution in [3.05, 3.63) is 119 Å². The van der Waals surface area contributed by atoms with Crippen LogP contribution >= 0.6 is 0 Å². The van der Waals surface area contributed by atoms with Gasteiger partial charge < -0.3 is 5.11 Å². The van der Waals surface area contributed by atoms with E-state index in [9.17, 15) is 5.11 Å². The minimum Gasteiger partial charge on any atom is -0.507 e. The third-order valence-electron chi connectivity index (χ3n) is 9.04. The maximum Gasteiger partial charge on any atom is 0.138 e. The fourth-order valence-corrected chi connectivity index (χ4v) is 5.79. The summed E-state index contributed by atoms with van der Waals surface area (Å²) in [6, 6.07) is 31.7. The highest BCUT2D eigenvalue weighted by atomic mass is 16.3. The second-order valence-corrected chi connectivity index (χ2v) is 17.2. The summed E-state index contributed by atoms with van der Waals surface area (Å²) < 4.78 is 0. The van der Waals surface area contributed by atoms with Crippen LogP contribution in [0.4, 0.5) is 17.2 Å². The molecule has 4 heteroatoms. The summed E-state index contributed by atoms with van der Waals surface area (Å²) in [5.41, 5.74) is 10.2. The zero-order valence-corrected chi connectivity index (χ0v) is 31.0. The fourth-order valence-electron chi connectivity index (χ4n) is 5.79. The molecule has 0 aliphatic heterocycles. The summed E-state index contributed by atoms with van der Waals surface area (Å²) in [6.07, 6.45) is 1.88. The third kappa shape index (κ3) is 7.65. The van der Waals surface area contributed by atoms with E-state index < -0.39 is 0 Å². The summed E-state index contributed by atoms with van der Waals surface area (Å²) in [6.45, 7) is 26.8. The molecule has 4 nitrogen and oxygen atoms in total. The van der Waals surface area contributed by atoms with Crippen molar-refractivity contribution >= 4 is 17.2 Å². The third-order valence-corrected chi connectivity index (χ3v) is 9.04. The van der Waals surface area contributed by atoms with E-state index in [4.69, 9.17) is 9.97 Å². The Labute approximate surface area is 288 Å². The number of phenolic OH excluding ortho intramolecular Hbond substituents is 1. The SMILES string of the molecule is CC(C)(C)c1cc(N(c2cccc(-c3cc(C(C)(C)C)ccc3O)c2)c2cccc(-c3cc(C(C)(C)C)ccn3)n2)cc(C(C)(C)C)c1. The number of benzene rings is 3. The number of aromatic hydroxyl groups is 1. The van der Waals surface area contributed by atoms with E-state index in [1.807, 2.05) is 24.4 Å². The highest BCUT2D eigenvalue weighted by molar-refractivity contribution is 5.81. The van der Waals surface area contributed by atoms with Gasteiger partial charge in [0.2, 0.25) is 0 Å². The number of pyridine rings is 2. The van der Waals surface area contributed by atoms with Gasteiger partial charge >= 0.3 is 0 Å². The molecule has 0 saturated carbocycles. The van der Waals surface area contributed by atoms with Crippen LogP contribution in [-0.4, -0.2) is 15.1 Å². The van der Waals surface area contributed by atoms with Crippen LogP contribution in [0.3, 0.4) is 0 Å². The van der Waals surface area contributed by atoms with Crippen molar-refractivity contribution in [2.45, 2.75) is 105 Å². The molecule has 48 heavy (non-hydrogen) atoms. The van der Waals surface area contributed by atoms with Crippen molar-refractivity contribution in [3.63, 3.8) is 0 Å².